The van der Waals surface area contributed by atoms with E-state index < -0.39 is 6.10 Å². The minimum atomic E-state index is -0.481. The SMILES string of the molecule is Cc1cccc(Oc2ccc([C@@H](C)O)cc2Br)c1C. The van der Waals surface area contributed by atoms with Crippen molar-refractivity contribution in [3.63, 3.8) is 0 Å². The van der Waals surface area contributed by atoms with Gasteiger partial charge in [-0.1, -0.05) is 18.2 Å². The minimum absolute atomic E-state index is 0.481. The molecule has 3 heteroatoms. The topological polar surface area (TPSA) is 29.5 Å². The van der Waals surface area contributed by atoms with E-state index in [2.05, 4.69) is 28.9 Å². The molecule has 0 saturated carbocycles. The number of benzene rings is 2. The van der Waals surface area contributed by atoms with E-state index in [1.54, 1.807) is 6.92 Å². The van der Waals surface area contributed by atoms with Crippen LogP contribution in [0.25, 0.3) is 0 Å². The Morgan fingerprint density at radius 2 is 1.84 bits per heavy atom. The summed E-state index contributed by atoms with van der Waals surface area (Å²) in [6.45, 7) is 5.85. The monoisotopic (exact) mass is 320 g/mol. The van der Waals surface area contributed by atoms with Gasteiger partial charge in [-0.15, -0.1) is 0 Å². The third-order valence-electron chi connectivity index (χ3n) is 3.21. The molecule has 19 heavy (non-hydrogen) atoms. The van der Waals surface area contributed by atoms with Crippen molar-refractivity contribution in [2.75, 3.05) is 0 Å². The summed E-state index contributed by atoms with van der Waals surface area (Å²) in [7, 11) is 0. The predicted molar refractivity (Wildman–Crippen MR) is 80.8 cm³/mol. The number of ether oxygens (including phenoxy) is 1. The maximum Gasteiger partial charge on any atom is 0.141 e. The van der Waals surface area contributed by atoms with Gasteiger partial charge in [-0.3, -0.25) is 0 Å². The first kappa shape index (κ1) is 14.1. The molecule has 0 aliphatic rings. The fourth-order valence-corrected chi connectivity index (χ4v) is 2.29. The Labute approximate surface area is 122 Å². The molecule has 0 spiro atoms. The lowest BCUT2D eigenvalue weighted by molar-refractivity contribution is 0.199. The smallest absolute Gasteiger partial charge is 0.141 e. The summed E-state index contributed by atoms with van der Waals surface area (Å²) in [5.74, 6) is 1.60. The van der Waals surface area contributed by atoms with Crippen molar-refractivity contribution in [3.05, 3.63) is 57.6 Å². The molecule has 100 valence electrons. The summed E-state index contributed by atoms with van der Waals surface area (Å²) in [6, 6.07) is 11.6. The molecule has 0 amide bonds. The van der Waals surface area contributed by atoms with Gasteiger partial charge in [0.15, 0.2) is 0 Å². The number of rotatable bonds is 3. The summed E-state index contributed by atoms with van der Waals surface area (Å²) < 4.78 is 6.77. The van der Waals surface area contributed by atoms with Crippen LogP contribution < -0.4 is 4.74 Å². The van der Waals surface area contributed by atoms with Crippen LogP contribution in [0.2, 0.25) is 0 Å². The fraction of sp³-hybridized carbons (Fsp3) is 0.250. The van der Waals surface area contributed by atoms with Gasteiger partial charge >= 0.3 is 0 Å². The largest absolute Gasteiger partial charge is 0.456 e. The van der Waals surface area contributed by atoms with Gasteiger partial charge in [-0.05, 0) is 71.6 Å². The molecule has 1 atom stereocenters. The van der Waals surface area contributed by atoms with Crippen molar-refractivity contribution < 1.29 is 9.84 Å². The Hall–Kier alpha value is -1.32. The van der Waals surface area contributed by atoms with Crippen molar-refractivity contribution >= 4 is 15.9 Å². The van der Waals surface area contributed by atoms with E-state index in [1.807, 2.05) is 37.3 Å². The molecule has 2 aromatic rings. The van der Waals surface area contributed by atoms with Gasteiger partial charge in [-0.25, -0.2) is 0 Å². The summed E-state index contributed by atoms with van der Waals surface area (Å²) in [4.78, 5) is 0. The van der Waals surface area contributed by atoms with E-state index in [9.17, 15) is 5.11 Å². The number of aliphatic hydroxyl groups is 1. The molecule has 2 rings (SSSR count). The normalized spacial score (nSPS) is 12.3. The van der Waals surface area contributed by atoms with Gasteiger partial charge in [0.2, 0.25) is 0 Å². The third-order valence-corrected chi connectivity index (χ3v) is 3.83. The van der Waals surface area contributed by atoms with Crippen LogP contribution in [-0.2, 0) is 0 Å². The molecule has 0 bridgehead atoms. The lowest BCUT2D eigenvalue weighted by atomic mass is 10.1. The van der Waals surface area contributed by atoms with Crippen molar-refractivity contribution in [3.8, 4) is 11.5 Å². The zero-order valence-corrected chi connectivity index (χ0v) is 12.9. The molecule has 0 radical (unpaired) electrons. The zero-order valence-electron chi connectivity index (χ0n) is 11.3. The lowest BCUT2D eigenvalue weighted by Crippen LogP contribution is -1.94. The second kappa shape index (κ2) is 5.76. The second-order valence-corrected chi connectivity index (χ2v) is 5.52. The highest BCUT2D eigenvalue weighted by atomic mass is 79.9. The highest BCUT2D eigenvalue weighted by Crippen LogP contribution is 2.33. The van der Waals surface area contributed by atoms with Crippen molar-refractivity contribution in [2.45, 2.75) is 26.9 Å². The van der Waals surface area contributed by atoms with Gasteiger partial charge in [0.25, 0.3) is 0 Å². The quantitative estimate of drug-likeness (QED) is 0.870. The maximum absolute atomic E-state index is 9.55. The Kier molecular flexibility index (Phi) is 4.27. The van der Waals surface area contributed by atoms with Crippen LogP contribution in [0.5, 0.6) is 11.5 Å². The molecular formula is C16H17BrO2. The average molecular weight is 321 g/mol. The van der Waals surface area contributed by atoms with Gasteiger partial charge in [-0.2, -0.15) is 0 Å². The first-order valence-electron chi connectivity index (χ1n) is 6.20. The fourth-order valence-electron chi connectivity index (χ4n) is 1.81. The predicted octanol–water partition coefficient (Wildman–Crippen LogP) is 4.91. The number of aliphatic hydroxyl groups excluding tert-OH is 1. The van der Waals surface area contributed by atoms with E-state index in [4.69, 9.17) is 4.74 Å². The molecule has 0 fully saturated rings. The van der Waals surface area contributed by atoms with Crippen LogP contribution in [0.1, 0.15) is 29.7 Å². The summed E-state index contributed by atoms with van der Waals surface area (Å²) in [5, 5.41) is 9.55. The highest BCUT2D eigenvalue weighted by molar-refractivity contribution is 9.10. The van der Waals surface area contributed by atoms with E-state index in [0.717, 1.165) is 27.1 Å². The molecule has 2 aromatic carbocycles. The molecule has 0 heterocycles. The molecule has 0 aliphatic heterocycles. The first-order chi connectivity index (χ1) is 8.99. The zero-order chi connectivity index (χ0) is 14.0. The Balaban J connectivity index is 2.31. The number of halogens is 1. The van der Waals surface area contributed by atoms with Crippen molar-refractivity contribution in [2.24, 2.45) is 0 Å². The third kappa shape index (κ3) is 3.17. The molecule has 0 saturated heterocycles. The Morgan fingerprint density at radius 1 is 1.11 bits per heavy atom. The van der Waals surface area contributed by atoms with Crippen LogP contribution in [0.15, 0.2) is 40.9 Å². The minimum Gasteiger partial charge on any atom is -0.456 e. The van der Waals surface area contributed by atoms with Gasteiger partial charge in [0.1, 0.15) is 11.5 Å². The first-order valence-corrected chi connectivity index (χ1v) is 7.00. The average Bonchev–Trinajstić information content (AvgIpc) is 2.37. The van der Waals surface area contributed by atoms with Crippen LogP contribution in [-0.4, -0.2) is 5.11 Å². The van der Waals surface area contributed by atoms with Crippen molar-refractivity contribution in [1.29, 1.82) is 0 Å². The van der Waals surface area contributed by atoms with Gasteiger partial charge in [0.05, 0.1) is 10.6 Å². The highest BCUT2D eigenvalue weighted by Gasteiger charge is 2.09. The van der Waals surface area contributed by atoms with E-state index in [-0.39, 0.29) is 0 Å². The Bertz CT molecular complexity index is 591. The Morgan fingerprint density at radius 3 is 2.47 bits per heavy atom. The lowest BCUT2D eigenvalue weighted by Gasteiger charge is -2.13. The van der Waals surface area contributed by atoms with E-state index in [1.165, 1.54) is 5.56 Å². The van der Waals surface area contributed by atoms with Crippen LogP contribution >= 0.6 is 15.9 Å². The number of aryl methyl sites for hydroxylation is 1. The number of hydrogen-bond acceptors (Lipinski definition) is 2. The van der Waals surface area contributed by atoms with Gasteiger partial charge in [0, 0.05) is 0 Å². The molecular weight excluding hydrogens is 304 g/mol. The molecule has 2 nitrogen and oxygen atoms in total. The standard InChI is InChI=1S/C16H17BrO2/c1-10-5-4-6-15(11(10)2)19-16-8-7-13(12(3)18)9-14(16)17/h4-9,12,18H,1-3H3/t12-/m1/s1. The van der Waals surface area contributed by atoms with Crippen LogP contribution in [0.4, 0.5) is 0 Å². The molecule has 0 aliphatic carbocycles. The maximum atomic E-state index is 9.55. The van der Waals surface area contributed by atoms with Gasteiger partial charge < -0.3 is 9.84 Å². The van der Waals surface area contributed by atoms with E-state index >= 15 is 0 Å². The summed E-state index contributed by atoms with van der Waals surface area (Å²) >= 11 is 3.48. The van der Waals surface area contributed by atoms with Crippen LogP contribution in [0.3, 0.4) is 0 Å². The molecule has 0 unspecified atom stereocenters. The molecule has 0 aromatic heterocycles. The van der Waals surface area contributed by atoms with Crippen molar-refractivity contribution in [1.82, 2.24) is 0 Å². The summed E-state index contributed by atoms with van der Waals surface area (Å²) in [6.07, 6.45) is -0.481. The second-order valence-electron chi connectivity index (χ2n) is 4.67. The van der Waals surface area contributed by atoms with E-state index in [0.29, 0.717) is 0 Å². The number of hydrogen-bond donors (Lipinski definition) is 1. The summed E-state index contributed by atoms with van der Waals surface area (Å²) in [5.41, 5.74) is 3.20. The molecule has 1 N–H and O–H groups in total. The van der Waals surface area contributed by atoms with Crippen LogP contribution in [0, 0.1) is 13.8 Å².